The summed E-state index contributed by atoms with van der Waals surface area (Å²) in [4.78, 5) is 81.0. The van der Waals surface area contributed by atoms with Gasteiger partial charge in [0.05, 0.1) is 63.7 Å². The molecule has 5 heterocycles. The lowest BCUT2D eigenvalue weighted by molar-refractivity contribution is -0.141. The molecule has 400 valence electrons. The fraction of sp³-hybridized carbons (Fsp3) is 0.538. The molecule has 4 fully saturated rings. The van der Waals surface area contributed by atoms with Gasteiger partial charge in [-0.25, -0.2) is 27.7 Å². The number of aromatic amines is 1. The number of ether oxygens (including phenoxy) is 4. The highest BCUT2D eigenvalue weighted by Gasteiger charge is 2.43. The number of H-pyrrole nitrogens is 1. The van der Waals surface area contributed by atoms with Crippen LogP contribution in [0.1, 0.15) is 87.4 Å². The van der Waals surface area contributed by atoms with E-state index in [9.17, 15) is 24.0 Å². The molecule has 1 aromatic heterocycles. The Kier molecular flexibility index (Phi) is 16.5. The van der Waals surface area contributed by atoms with E-state index in [1.807, 2.05) is 23.1 Å². The number of nitrogens with one attached hydrogen (secondary N) is 4. The van der Waals surface area contributed by atoms with Crippen LogP contribution in [0.2, 0.25) is 25.2 Å². The topological polar surface area (TPSA) is 200 Å². The Morgan fingerprint density at radius 3 is 1.91 bits per heavy atom. The predicted molar refractivity (Wildman–Crippen MR) is 274 cm³/mol. The molecule has 0 radical (unpaired) electrons. The van der Waals surface area contributed by atoms with Crippen LogP contribution in [-0.2, 0) is 33.3 Å². The monoisotopic (exact) mass is 1050 g/mol. The van der Waals surface area contributed by atoms with E-state index in [4.69, 9.17) is 23.9 Å². The lowest BCUT2D eigenvalue weighted by Gasteiger charge is -2.38. The second-order valence-electron chi connectivity index (χ2n) is 20.5. The molecular formula is C52H68F3N9O9Si. The number of carbonyl (C=O) groups is 5. The summed E-state index contributed by atoms with van der Waals surface area (Å²) < 4.78 is 70.1. The molecule has 5 amide bonds. The largest absolute Gasteiger partial charge is 0.453 e. The Hall–Kier alpha value is -6.39. The molecule has 74 heavy (non-hydrogen) atoms. The standard InChI is InChI=1S/C52H68F3N9O9Si/c1-29(70-3)44(59-51(68)72-5)49(66)62-19-9-11-42(62)47-57-38-16-13-31(25-39(38)58-47)40-17-18-41(64(40)33-27-36(54)46(37(55)28-33)61-21-23-74(7,8)24-22-61)34-15-14-32(26-35(34)53)56-48(65)43-12-10-20-63(43)50(67)45(30(2)71-4)60-52(69)73-6/h13-16,25-30,40-45H,9-12,17-24H2,1-8H3,(H,56,65)(H,57,58)(H,59,68)(H,60,69)/t29-,30-,40+,41+,42+,43+,44+,45+/m1/s1. The van der Waals surface area contributed by atoms with Gasteiger partial charge in [-0.15, -0.1) is 0 Å². The number of likely N-dealkylation sites (tertiary alicyclic amines) is 2. The Labute approximate surface area is 430 Å². The zero-order valence-electron chi connectivity index (χ0n) is 43.3. The van der Waals surface area contributed by atoms with Crippen LogP contribution in [0.25, 0.3) is 11.0 Å². The third-order valence-electron chi connectivity index (χ3n) is 15.5. The van der Waals surface area contributed by atoms with Gasteiger partial charge in [-0.2, -0.15) is 0 Å². The van der Waals surface area contributed by atoms with Crippen LogP contribution >= 0.6 is 0 Å². The Balaban J connectivity index is 1.08. The van der Waals surface area contributed by atoms with Crippen molar-refractivity contribution < 1.29 is 56.1 Å². The predicted octanol–water partition coefficient (Wildman–Crippen LogP) is 7.70. The Morgan fingerprint density at radius 2 is 1.30 bits per heavy atom. The van der Waals surface area contributed by atoms with Gasteiger partial charge < -0.3 is 59.5 Å². The highest BCUT2D eigenvalue weighted by Crippen LogP contribution is 2.49. The van der Waals surface area contributed by atoms with Crippen molar-refractivity contribution in [2.75, 3.05) is 69.7 Å². The number of anilines is 3. The molecule has 18 nitrogen and oxygen atoms in total. The molecule has 4 aliphatic rings. The number of rotatable bonds is 15. The van der Waals surface area contributed by atoms with Crippen LogP contribution in [0.15, 0.2) is 48.5 Å². The van der Waals surface area contributed by atoms with Crippen LogP contribution in [0.4, 0.5) is 39.8 Å². The number of hydrogen-bond acceptors (Lipinski definition) is 12. The van der Waals surface area contributed by atoms with Crippen molar-refractivity contribution in [2.24, 2.45) is 0 Å². The average molecular weight is 1050 g/mol. The fourth-order valence-corrected chi connectivity index (χ4v) is 13.0. The minimum absolute atomic E-state index is 0.0715. The molecule has 4 aromatic rings. The van der Waals surface area contributed by atoms with E-state index < -0.39 is 98.0 Å². The van der Waals surface area contributed by atoms with Gasteiger partial charge in [0.1, 0.15) is 35.5 Å². The molecular weight excluding hydrogens is 980 g/mol. The molecule has 0 bridgehead atoms. The van der Waals surface area contributed by atoms with Gasteiger partial charge in [-0.1, -0.05) is 25.2 Å². The summed E-state index contributed by atoms with van der Waals surface area (Å²) in [5.74, 6) is -2.92. The second kappa shape index (κ2) is 22.6. The minimum Gasteiger partial charge on any atom is -0.453 e. The van der Waals surface area contributed by atoms with E-state index in [1.165, 1.54) is 51.5 Å². The molecule has 0 spiro atoms. The molecule has 0 unspecified atom stereocenters. The summed E-state index contributed by atoms with van der Waals surface area (Å²) in [5.41, 5.74) is 2.63. The summed E-state index contributed by atoms with van der Waals surface area (Å²) in [6.45, 7) is 9.66. The maximum atomic E-state index is 16.8. The summed E-state index contributed by atoms with van der Waals surface area (Å²) in [7, 11) is 3.78. The number of fused-ring (bicyclic) bond motifs is 1. The number of amides is 5. The molecule has 4 saturated heterocycles. The van der Waals surface area contributed by atoms with Crippen molar-refractivity contribution in [3.8, 4) is 0 Å². The summed E-state index contributed by atoms with van der Waals surface area (Å²) in [6.07, 6.45) is 0.0500. The summed E-state index contributed by atoms with van der Waals surface area (Å²) >= 11 is 0. The van der Waals surface area contributed by atoms with E-state index in [0.29, 0.717) is 75.0 Å². The average Bonchev–Trinajstić information content (AvgIpc) is 4.23. The Morgan fingerprint density at radius 1 is 0.703 bits per heavy atom. The molecule has 0 saturated carbocycles. The van der Waals surface area contributed by atoms with Crippen LogP contribution < -0.4 is 25.8 Å². The lowest BCUT2D eigenvalue weighted by Crippen LogP contribution is -2.56. The quantitative estimate of drug-likeness (QED) is 0.0848. The smallest absolute Gasteiger partial charge is 0.407 e. The molecule has 3 aromatic carbocycles. The zero-order valence-corrected chi connectivity index (χ0v) is 44.3. The first kappa shape index (κ1) is 53.9. The zero-order chi connectivity index (χ0) is 53.2. The maximum Gasteiger partial charge on any atom is 0.407 e. The van der Waals surface area contributed by atoms with Gasteiger partial charge in [-0.3, -0.25) is 14.4 Å². The van der Waals surface area contributed by atoms with Crippen LogP contribution in [-0.4, -0.2) is 143 Å². The van der Waals surface area contributed by atoms with Crippen LogP contribution in [0.3, 0.4) is 0 Å². The number of benzene rings is 3. The van der Waals surface area contributed by atoms with E-state index in [2.05, 4.69) is 34.0 Å². The van der Waals surface area contributed by atoms with E-state index >= 15 is 13.2 Å². The molecule has 22 heteroatoms. The highest BCUT2D eigenvalue weighted by atomic mass is 28.3. The number of hydrogen-bond donors (Lipinski definition) is 4. The van der Waals surface area contributed by atoms with Gasteiger partial charge >= 0.3 is 12.2 Å². The number of carbonyl (C=O) groups excluding carboxylic acids is 5. The lowest BCUT2D eigenvalue weighted by atomic mass is 10.0. The summed E-state index contributed by atoms with van der Waals surface area (Å²) in [6, 6.07) is 9.84. The second-order valence-corrected chi connectivity index (χ2v) is 25.9. The highest BCUT2D eigenvalue weighted by molar-refractivity contribution is 6.77. The van der Waals surface area contributed by atoms with E-state index in [1.54, 1.807) is 35.8 Å². The van der Waals surface area contributed by atoms with Crippen molar-refractivity contribution in [1.82, 2.24) is 30.4 Å². The van der Waals surface area contributed by atoms with Crippen molar-refractivity contribution in [3.63, 3.8) is 0 Å². The molecule has 0 aliphatic carbocycles. The number of alkyl carbamates (subject to hydrolysis) is 2. The van der Waals surface area contributed by atoms with Crippen LogP contribution in [0, 0.1) is 17.5 Å². The van der Waals surface area contributed by atoms with Crippen molar-refractivity contribution >= 4 is 66.1 Å². The number of methoxy groups -OCH3 is 4. The first-order chi connectivity index (χ1) is 35.4. The number of aromatic nitrogens is 2. The third-order valence-corrected chi connectivity index (χ3v) is 18.6. The first-order valence-corrected chi connectivity index (χ1v) is 28.8. The number of imidazole rings is 1. The molecule has 8 rings (SSSR count). The Bertz CT molecular complexity index is 2720. The summed E-state index contributed by atoms with van der Waals surface area (Å²) in [5, 5.41) is 7.88. The van der Waals surface area contributed by atoms with Crippen molar-refractivity contribution in [3.05, 3.63) is 82.9 Å². The van der Waals surface area contributed by atoms with Gasteiger partial charge in [0, 0.05) is 57.3 Å². The number of nitrogens with zero attached hydrogens (tertiary/aromatic N) is 5. The van der Waals surface area contributed by atoms with Gasteiger partial charge in [0.2, 0.25) is 17.7 Å². The van der Waals surface area contributed by atoms with Gasteiger partial charge in [-0.05, 0) is 106 Å². The fourth-order valence-electron chi connectivity index (χ4n) is 11.0. The van der Waals surface area contributed by atoms with Crippen LogP contribution in [0.5, 0.6) is 0 Å². The van der Waals surface area contributed by atoms with Crippen molar-refractivity contribution in [1.29, 1.82) is 0 Å². The minimum atomic E-state index is -1.46. The maximum absolute atomic E-state index is 16.8. The molecule has 8 atom stereocenters. The number of halogens is 3. The normalized spacial score (nSPS) is 22.3. The van der Waals surface area contributed by atoms with Gasteiger partial charge in [0.15, 0.2) is 11.6 Å². The van der Waals surface area contributed by atoms with Gasteiger partial charge in [0.25, 0.3) is 0 Å². The van der Waals surface area contributed by atoms with E-state index in [-0.39, 0.29) is 35.1 Å². The first-order valence-electron chi connectivity index (χ1n) is 25.3. The molecule has 4 N–H and O–H groups in total. The third kappa shape index (κ3) is 11.2. The SMILES string of the molecule is COC(=O)N[C@H](C(=O)N1CCC[C@H]1C(=O)Nc1ccc([C@@H]2CC[C@@H](c3ccc4nc([C@@H]5CCCN5C(=O)[C@@H](NC(=O)OC)[C@@H](C)OC)[nH]c4c3)N2c2cc(F)c(N3CC[Si](C)(C)CC3)c(F)c2)c(F)c1)[C@@H](C)OC. The van der Waals surface area contributed by atoms with Crippen molar-refractivity contribution in [2.45, 2.75) is 126 Å². The van der Waals surface area contributed by atoms with E-state index in [0.717, 1.165) is 17.7 Å². The molecule has 4 aliphatic heterocycles.